The van der Waals surface area contributed by atoms with Crippen molar-refractivity contribution in [1.82, 2.24) is 4.90 Å². The fraction of sp³-hybridized carbons (Fsp3) is 0.483. The van der Waals surface area contributed by atoms with Crippen molar-refractivity contribution in [3.05, 3.63) is 82.6 Å². The normalized spacial score (nSPS) is 26.9. The summed E-state index contributed by atoms with van der Waals surface area (Å²) in [5.41, 5.74) is -0.744. The molecule has 3 nitrogen and oxygen atoms in total. The van der Waals surface area contributed by atoms with Crippen LogP contribution in [0.3, 0.4) is 0 Å². The maximum absolute atomic E-state index is 13.4. The van der Waals surface area contributed by atoms with Crippen LogP contribution in [0.2, 0.25) is 0 Å². The Morgan fingerprint density at radius 2 is 1.55 bits per heavy atom. The zero-order valence-corrected chi connectivity index (χ0v) is 20.9. The molecule has 0 N–H and O–H groups in total. The van der Waals surface area contributed by atoms with Crippen LogP contribution in [0.15, 0.2) is 60.3 Å². The van der Waals surface area contributed by atoms with E-state index in [2.05, 4.69) is 4.90 Å². The fourth-order valence-corrected chi connectivity index (χ4v) is 6.35. The second kappa shape index (κ2) is 10.1. The van der Waals surface area contributed by atoms with Gasteiger partial charge in [0.15, 0.2) is 5.78 Å². The van der Waals surface area contributed by atoms with E-state index in [-0.39, 0.29) is 35.4 Å². The minimum absolute atomic E-state index is 0.0759. The average molecular weight is 538 g/mol. The number of rotatable bonds is 5. The smallest absolute Gasteiger partial charge is 0.374 e. The molecule has 38 heavy (non-hydrogen) atoms. The Morgan fingerprint density at radius 1 is 0.895 bits per heavy atom. The van der Waals surface area contributed by atoms with Gasteiger partial charge in [0.25, 0.3) is 0 Å². The summed E-state index contributed by atoms with van der Waals surface area (Å²) in [6.45, 7) is 3.08. The van der Waals surface area contributed by atoms with E-state index in [1.165, 1.54) is 6.92 Å². The Labute approximate surface area is 217 Å². The summed E-state index contributed by atoms with van der Waals surface area (Å²) >= 11 is 0. The summed E-state index contributed by atoms with van der Waals surface area (Å²) in [4.78, 5) is 14.1. The number of fused-ring (bicyclic) bond motifs is 1. The van der Waals surface area contributed by atoms with E-state index in [0.717, 1.165) is 49.3 Å². The number of nitrogens with zero attached hydrogens (tertiary/aromatic N) is 1. The SMILES string of the molecule is C[C@@H](O[C@H]1CCC2CN(C3=CC(=O)CC3)CC2[C@@H]1c1ccccc1)c1cc(C(F)(F)F)cc(C(F)(F)F)c1. The van der Waals surface area contributed by atoms with Crippen molar-refractivity contribution in [3.63, 3.8) is 0 Å². The third-order valence-corrected chi connectivity index (χ3v) is 8.18. The number of ether oxygens (including phenoxy) is 1. The lowest BCUT2D eigenvalue weighted by atomic mass is 9.69. The van der Waals surface area contributed by atoms with Crippen LogP contribution in [0.4, 0.5) is 26.3 Å². The first-order valence-electron chi connectivity index (χ1n) is 12.9. The molecule has 0 amide bonds. The second-order valence-corrected chi connectivity index (χ2v) is 10.6. The standard InChI is InChI=1S/C29H29F6NO2/c1-17(20-11-21(28(30,31)32)13-22(12-20)29(33,34)35)38-26-10-7-19-15-36(23-8-9-24(37)14-23)16-25(19)27(26)18-5-3-2-4-6-18/h2-6,11-14,17,19,25-27H,7-10,15-16H2,1H3/t17-,19?,25?,26+,27+/m1/s1. The number of hydrogen-bond acceptors (Lipinski definition) is 3. The first-order valence-corrected chi connectivity index (χ1v) is 12.9. The lowest BCUT2D eigenvalue weighted by Gasteiger charge is -2.41. The Hall–Kier alpha value is -2.81. The number of allylic oxidation sites excluding steroid dienone is 2. The van der Waals surface area contributed by atoms with Crippen LogP contribution in [-0.4, -0.2) is 29.9 Å². The van der Waals surface area contributed by atoms with Crippen LogP contribution in [0.1, 0.15) is 66.9 Å². The number of ketones is 1. The number of benzene rings is 2. The zero-order valence-electron chi connectivity index (χ0n) is 20.9. The number of halogens is 6. The molecule has 5 atom stereocenters. The summed E-state index contributed by atoms with van der Waals surface area (Å²) in [7, 11) is 0. The molecule has 0 spiro atoms. The predicted molar refractivity (Wildman–Crippen MR) is 129 cm³/mol. The van der Waals surface area contributed by atoms with Gasteiger partial charge in [0.05, 0.1) is 23.3 Å². The van der Waals surface area contributed by atoms with E-state index >= 15 is 0 Å². The second-order valence-electron chi connectivity index (χ2n) is 10.6. The van der Waals surface area contributed by atoms with Gasteiger partial charge in [-0.25, -0.2) is 0 Å². The molecule has 2 aromatic carbocycles. The van der Waals surface area contributed by atoms with Crippen LogP contribution in [0.5, 0.6) is 0 Å². The highest BCUT2D eigenvalue weighted by Gasteiger charge is 2.47. The van der Waals surface area contributed by atoms with Crippen LogP contribution in [0.25, 0.3) is 0 Å². The van der Waals surface area contributed by atoms with Gasteiger partial charge in [0.2, 0.25) is 0 Å². The molecule has 0 aromatic heterocycles. The molecule has 5 rings (SSSR count). The fourth-order valence-electron chi connectivity index (χ4n) is 6.35. The Morgan fingerprint density at radius 3 is 2.13 bits per heavy atom. The van der Waals surface area contributed by atoms with Gasteiger partial charge >= 0.3 is 12.4 Å². The van der Waals surface area contributed by atoms with Gasteiger partial charge < -0.3 is 9.64 Å². The molecule has 3 aliphatic rings. The van der Waals surface area contributed by atoms with Crippen molar-refractivity contribution in [1.29, 1.82) is 0 Å². The molecule has 2 aromatic rings. The van der Waals surface area contributed by atoms with E-state index in [0.29, 0.717) is 18.8 Å². The van der Waals surface area contributed by atoms with Gasteiger partial charge in [-0.1, -0.05) is 30.3 Å². The number of alkyl halides is 6. The molecular formula is C29H29F6NO2. The molecule has 1 heterocycles. The van der Waals surface area contributed by atoms with Gasteiger partial charge in [-0.2, -0.15) is 26.3 Å². The molecule has 0 bridgehead atoms. The third kappa shape index (κ3) is 5.48. The molecular weight excluding hydrogens is 508 g/mol. The number of carbonyl (C=O) groups excluding carboxylic acids is 1. The van der Waals surface area contributed by atoms with Crippen LogP contribution in [0, 0.1) is 11.8 Å². The first kappa shape index (κ1) is 26.8. The zero-order chi connectivity index (χ0) is 27.2. The average Bonchev–Trinajstić information content (AvgIpc) is 3.49. The monoisotopic (exact) mass is 537 g/mol. The van der Waals surface area contributed by atoms with E-state index in [1.54, 1.807) is 6.08 Å². The van der Waals surface area contributed by atoms with Crippen molar-refractivity contribution in [2.24, 2.45) is 11.8 Å². The highest BCUT2D eigenvalue weighted by Crippen LogP contribution is 2.49. The highest BCUT2D eigenvalue weighted by atomic mass is 19.4. The molecule has 204 valence electrons. The quantitative estimate of drug-likeness (QED) is 0.369. The van der Waals surface area contributed by atoms with E-state index in [9.17, 15) is 31.1 Å². The van der Waals surface area contributed by atoms with Gasteiger partial charge in [-0.15, -0.1) is 0 Å². The van der Waals surface area contributed by atoms with Crippen molar-refractivity contribution in [2.45, 2.75) is 63.1 Å². The molecule has 2 aliphatic carbocycles. The van der Waals surface area contributed by atoms with Crippen molar-refractivity contribution >= 4 is 5.78 Å². The summed E-state index contributed by atoms with van der Waals surface area (Å²) in [6, 6.07) is 11.4. The van der Waals surface area contributed by atoms with Gasteiger partial charge in [0.1, 0.15) is 0 Å². The summed E-state index contributed by atoms with van der Waals surface area (Å²) in [5, 5.41) is 0. The molecule has 2 fully saturated rings. The molecule has 1 saturated heterocycles. The van der Waals surface area contributed by atoms with Gasteiger partial charge in [0, 0.05) is 37.2 Å². The molecule has 9 heteroatoms. The van der Waals surface area contributed by atoms with Crippen LogP contribution < -0.4 is 0 Å². The minimum atomic E-state index is -4.91. The Balaban J connectivity index is 1.43. The minimum Gasteiger partial charge on any atom is -0.374 e. The van der Waals surface area contributed by atoms with Crippen molar-refractivity contribution in [2.75, 3.05) is 13.1 Å². The molecule has 0 radical (unpaired) electrons. The summed E-state index contributed by atoms with van der Waals surface area (Å²) in [6.07, 6.45) is -6.74. The summed E-state index contributed by atoms with van der Waals surface area (Å²) < 4.78 is 87.0. The topological polar surface area (TPSA) is 29.5 Å². The van der Waals surface area contributed by atoms with Gasteiger partial charge in [-0.05, 0) is 67.3 Å². The Kier molecular flexibility index (Phi) is 7.09. The van der Waals surface area contributed by atoms with Crippen LogP contribution in [-0.2, 0) is 21.9 Å². The molecule has 2 unspecified atom stereocenters. The van der Waals surface area contributed by atoms with Crippen LogP contribution >= 0.6 is 0 Å². The maximum Gasteiger partial charge on any atom is 0.416 e. The van der Waals surface area contributed by atoms with Crippen molar-refractivity contribution < 1.29 is 35.9 Å². The largest absolute Gasteiger partial charge is 0.416 e. The Bertz CT molecular complexity index is 1170. The lowest BCUT2D eigenvalue weighted by molar-refractivity contribution is -0.143. The molecule has 1 saturated carbocycles. The molecule has 1 aliphatic heterocycles. The highest BCUT2D eigenvalue weighted by molar-refractivity contribution is 5.92. The number of carbonyl (C=O) groups is 1. The number of hydrogen-bond donors (Lipinski definition) is 0. The van der Waals surface area contributed by atoms with Gasteiger partial charge in [-0.3, -0.25) is 4.79 Å². The predicted octanol–water partition coefficient (Wildman–Crippen LogP) is 7.54. The summed E-state index contributed by atoms with van der Waals surface area (Å²) in [5.74, 6) is 0.598. The van der Waals surface area contributed by atoms with E-state index < -0.39 is 29.6 Å². The maximum atomic E-state index is 13.4. The van der Waals surface area contributed by atoms with E-state index in [1.807, 2.05) is 30.3 Å². The van der Waals surface area contributed by atoms with E-state index in [4.69, 9.17) is 4.74 Å². The third-order valence-electron chi connectivity index (χ3n) is 8.18. The lowest BCUT2D eigenvalue weighted by Crippen LogP contribution is -2.38. The first-order chi connectivity index (χ1) is 17.9. The van der Waals surface area contributed by atoms with Crippen molar-refractivity contribution in [3.8, 4) is 0 Å². The number of likely N-dealkylation sites (tertiary alicyclic amines) is 1.